The molecule has 1 amide bonds. The van der Waals surface area contributed by atoms with E-state index in [1.165, 1.54) is 12.1 Å². The van der Waals surface area contributed by atoms with Crippen LogP contribution in [0.4, 0.5) is 18.9 Å². The highest BCUT2D eigenvalue weighted by atomic mass is 19.4. The van der Waals surface area contributed by atoms with Gasteiger partial charge in [-0.05, 0) is 53.9 Å². The summed E-state index contributed by atoms with van der Waals surface area (Å²) < 4.78 is 51.0. The lowest BCUT2D eigenvalue weighted by Crippen LogP contribution is -2.55. The lowest BCUT2D eigenvalue weighted by atomic mass is 9.85. The van der Waals surface area contributed by atoms with Crippen molar-refractivity contribution >= 4 is 17.5 Å². The van der Waals surface area contributed by atoms with Gasteiger partial charge in [0.05, 0.1) is 12.2 Å². The van der Waals surface area contributed by atoms with E-state index in [4.69, 9.17) is 25.1 Å². The van der Waals surface area contributed by atoms with Crippen LogP contribution in [-0.4, -0.2) is 41.8 Å². The summed E-state index contributed by atoms with van der Waals surface area (Å²) in [4.78, 5) is 21.4. The Morgan fingerprint density at radius 3 is 2.64 bits per heavy atom. The number of aliphatic hydroxyl groups is 1. The van der Waals surface area contributed by atoms with Gasteiger partial charge in [-0.2, -0.15) is 13.2 Å². The van der Waals surface area contributed by atoms with Gasteiger partial charge in [-0.15, -0.1) is 0 Å². The van der Waals surface area contributed by atoms with Crippen LogP contribution in [0.2, 0.25) is 0 Å². The Bertz CT molecular complexity index is 1470. The molecule has 0 fully saturated rings. The van der Waals surface area contributed by atoms with E-state index in [0.717, 1.165) is 12.1 Å². The second-order valence-electron chi connectivity index (χ2n) is 9.55. The first kappa shape index (κ1) is 30.4. The number of alkyl halides is 3. The first-order valence-electron chi connectivity index (χ1n) is 13.1. The van der Waals surface area contributed by atoms with Crippen molar-refractivity contribution in [3.8, 4) is 5.75 Å². The zero-order valence-corrected chi connectivity index (χ0v) is 22.6. The number of hydrogen-bond acceptors (Lipinski definition) is 7. The maximum atomic E-state index is 13.8. The standard InChI is InChI=1S/C29H29F3N6O4/c1-19-28(17-22-7-2-3-9-25(22)36-38-33,27(40)37-34-18-20-6-4-8-23(16-20)29(30,31)32)35-26(42-19)21-10-12-24(13-11-21)41-15-5-14-39/h2-4,6-13,16,19,34,39H,5,14-15,17-18H2,1H3,(H,37,40)/t19-,28-/m0/s1. The minimum Gasteiger partial charge on any atom is -0.494 e. The minimum absolute atomic E-state index is 0.00624. The average Bonchev–Trinajstić information content (AvgIpc) is 3.31. The molecule has 0 saturated heterocycles. The van der Waals surface area contributed by atoms with Crippen LogP contribution in [-0.2, 0) is 28.7 Å². The third kappa shape index (κ3) is 7.19. The third-order valence-electron chi connectivity index (χ3n) is 6.68. The summed E-state index contributed by atoms with van der Waals surface area (Å²) >= 11 is 0. The molecule has 4 rings (SSSR count). The predicted octanol–water partition coefficient (Wildman–Crippen LogP) is 5.38. The molecule has 1 heterocycles. The smallest absolute Gasteiger partial charge is 0.416 e. The largest absolute Gasteiger partial charge is 0.494 e. The number of halogens is 3. The minimum atomic E-state index is -4.49. The van der Waals surface area contributed by atoms with Crippen LogP contribution < -0.4 is 15.6 Å². The zero-order chi connectivity index (χ0) is 30.2. The number of nitrogens with zero attached hydrogens (tertiary/aromatic N) is 4. The van der Waals surface area contributed by atoms with Crippen LogP contribution in [0.25, 0.3) is 10.4 Å². The number of aliphatic imine (C=N–C) groups is 1. The second-order valence-corrected chi connectivity index (χ2v) is 9.55. The van der Waals surface area contributed by atoms with Gasteiger partial charge in [-0.25, -0.2) is 10.4 Å². The first-order chi connectivity index (χ1) is 20.2. The Labute approximate surface area is 239 Å². The molecule has 220 valence electrons. The zero-order valence-electron chi connectivity index (χ0n) is 22.6. The fourth-order valence-corrected chi connectivity index (χ4v) is 4.43. The molecule has 0 unspecified atom stereocenters. The van der Waals surface area contributed by atoms with E-state index in [2.05, 4.69) is 20.9 Å². The van der Waals surface area contributed by atoms with Crippen LogP contribution in [0.3, 0.4) is 0 Å². The van der Waals surface area contributed by atoms with Crippen molar-refractivity contribution < 1.29 is 32.5 Å². The van der Waals surface area contributed by atoms with Gasteiger partial charge < -0.3 is 14.6 Å². The molecule has 1 aliphatic heterocycles. The molecule has 0 saturated carbocycles. The molecule has 0 aromatic heterocycles. The normalized spacial score (nSPS) is 18.0. The number of azide groups is 1. The fourth-order valence-electron chi connectivity index (χ4n) is 4.43. The van der Waals surface area contributed by atoms with Gasteiger partial charge >= 0.3 is 6.18 Å². The summed E-state index contributed by atoms with van der Waals surface area (Å²) in [5.41, 5.74) is 13.8. The van der Waals surface area contributed by atoms with Gasteiger partial charge in [0, 0.05) is 42.2 Å². The quantitative estimate of drug-likeness (QED) is 0.0865. The fraction of sp³-hybridized carbons (Fsp3) is 0.310. The molecule has 42 heavy (non-hydrogen) atoms. The number of aliphatic hydroxyl groups excluding tert-OH is 1. The number of rotatable bonds is 12. The summed E-state index contributed by atoms with van der Waals surface area (Å²) in [5.74, 6) is 0.209. The van der Waals surface area contributed by atoms with E-state index in [0.29, 0.717) is 41.2 Å². The van der Waals surface area contributed by atoms with Gasteiger partial charge in [0.1, 0.15) is 11.9 Å². The molecule has 0 aliphatic carbocycles. The SMILES string of the molecule is C[C@@H]1OC(c2ccc(OCCCO)cc2)=N[C@]1(Cc1ccccc1N=[N+]=[N-])C(=O)NNCc1cccc(C(F)(F)F)c1. The van der Waals surface area contributed by atoms with Crippen molar-refractivity contribution in [1.29, 1.82) is 0 Å². The van der Waals surface area contributed by atoms with Crippen LogP contribution in [0.1, 0.15) is 35.6 Å². The van der Waals surface area contributed by atoms with Crippen molar-refractivity contribution in [3.05, 3.63) is 105 Å². The molecule has 0 radical (unpaired) electrons. The van der Waals surface area contributed by atoms with Crippen LogP contribution in [0.5, 0.6) is 5.75 Å². The molecule has 3 N–H and O–H groups in total. The number of carbonyl (C=O) groups is 1. The van der Waals surface area contributed by atoms with Crippen LogP contribution in [0.15, 0.2) is 82.9 Å². The predicted molar refractivity (Wildman–Crippen MR) is 149 cm³/mol. The van der Waals surface area contributed by atoms with Crippen molar-refractivity contribution in [2.24, 2.45) is 10.1 Å². The van der Waals surface area contributed by atoms with E-state index in [9.17, 15) is 18.0 Å². The summed E-state index contributed by atoms with van der Waals surface area (Å²) in [6, 6.07) is 18.4. The Morgan fingerprint density at radius 1 is 1.17 bits per heavy atom. The summed E-state index contributed by atoms with van der Waals surface area (Å²) in [6.07, 6.45) is -4.77. The van der Waals surface area contributed by atoms with Gasteiger partial charge in [-0.3, -0.25) is 10.2 Å². The first-order valence-corrected chi connectivity index (χ1v) is 13.1. The molecule has 3 aromatic rings. The van der Waals surface area contributed by atoms with E-state index in [1.54, 1.807) is 55.5 Å². The molecule has 10 nitrogen and oxygen atoms in total. The molecule has 1 aliphatic rings. The molecule has 0 bridgehead atoms. The Balaban J connectivity index is 1.60. The number of carbonyl (C=O) groups excluding carboxylic acids is 1. The van der Waals surface area contributed by atoms with E-state index in [1.807, 2.05) is 0 Å². The number of ether oxygens (including phenoxy) is 2. The molecule has 13 heteroatoms. The van der Waals surface area contributed by atoms with Gasteiger partial charge in [0.2, 0.25) is 5.90 Å². The Morgan fingerprint density at radius 2 is 1.93 bits per heavy atom. The number of benzene rings is 3. The summed E-state index contributed by atoms with van der Waals surface area (Å²) in [7, 11) is 0. The number of hydrazine groups is 1. The van der Waals surface area contributed by atoms with Crippen molar-refractivity contribution in [1.82, 2.24) is 10.9 Å². The monoisotopic (exact) mass is 582 g/mol. The summed E-state index contributed by atoms with van der Waals surface area (Å²) in [6.45, 7) is 1.98. The topological polar surface area (TPSA) is 141 Å². The van der Waals surface area contributed by atoms with Crippen LogP contribution in [0, 0.1) is 0 Å². The highest BCUT2D eigenvalue weighted by molar-refractivity contribution is 6.00. The molecular weight excluding hydrogens is 553 g/mol. The Kier molecular flexibility index (Phi) is 9.68. The second kappa shape index (κ2) is 13.4. The van der Waals surface area contributed by atoms with Gasteiger partial charge in [0.15, 0.2) is 5.54 Å². The maximum absolute atomic E-state index is 13.8. The van der Waals surface area contributed by atoms with Crippen LogP contribution >= 0.6 is 0 Å². The summed E-state index contributed by atoms with van der Waals surface area (Å²) in [5, 5.41) is 12.7. The molecular formula is C29H29F3N6O4. The molecule has 0 spiro atoms. The average molecular weight is 583 g/mol. The number of nitrogens with one attached hydrogen (secondary N) is 2. The highest BCUT2D eigenvalue weighted by Crippen LogP contribution is 2.35. The van der Waals surface area contributed by atoms with Crippen molar-refractivity contribution in [3.63, 3.8) is 0 Å². The van der Waals surface area contributed by atoms with Crippen molar-refractivity contribution in [2.45, 2.75) is 44.1 Å². The number of amides is 1. The van der Waals surface area contributed by atoms with E-state index >= 15 is 0 Å². The Hall–Kier alpha value is -4.58. The maximum Gasteiger partial charge on any atom is 0.416 e. The van der Waals surface area contributed by atoms with Gasteiger partial charge in [-0.1, -0.05) is 47.6 Å². The lowest BCUT2D eigenvalue weighted by Gasteiger charge is -2.28. The number of hydrogen-bond donors (Lipinski definition) is 3. The molecule has 2 atom stereocenters. The highest BCUT2D eigenvalue weighted by Gasteiger charge is 2.50. The van der Waals surface area contributed by atoms with Crippen molar-refractivity contribution in [2.75, 3.05) is 13.2 Å². The molecule has 3 aromatic carbocycles. The lowest BCUT2D eigenvalue weighted by molar-refractivity contribution is -0.137. The van der Waals surface area contributed by atoms with E-state index < -0.39 is 29.3 Å². The van der Waals surface area contributed by atoms with Gasteiger partial charge in [0.25, 0.3) is 5.91 Å². The van der Waals surface area contributed by atoms with E-state index in [-0.39, 0.29) is 25.5 Å². The third-order valence-corrected chi connectivity index (χ3v) is 6.68.